The largest absolute Gasteiger partial charge is 0.415 e. The van der Waals surface area contributed by atoms with Crippen molar-refractivity contribution in [3.05, 3.63) is 35.9 Å². The molecule has 1 aromatic carbocycles. The van der Waals surface area contributed by atoms with Gasteiger partial charge in [-0.2, -0.15) is 0 Å². The van der Waals surface area contributed by atoms with Crippen LogP contribution in [0.5, 0.6) is 0 Å². The van der Waals surface area contributed by atoms with E-state index < -0.39 is 19.5 Å². The Morgan fingerprint density at radius 1 is 1.19 bits per heavy atom. The second-order valence-corrected chi connectivity index (χ2v) is 15.9. The maximum atomic E-state index is 13.9. The van der Waals surface area contributed by atoms with Gasteiger partial charge in [0, 0.05) is 7.11 Å². The molecule has 0 aromatic heterocycles. The third-order valence-corrected chi connectivity index (χ3v) is 12.3. The summed E-state index contributed by atoms with van der Waals surface area (Å²) in [6, 6.07) is 10.1. The Labute approximate surface area is 189 Å². The first-order valence-electron chi connectivity index (χ1n) is 11.6. The molecule has 2 aliphatic heterocycles. The Morgan fingerprint density at radius 3 is 2.39 bits per heavy atom. The van der Waals surface area contributed by atoms with Gasteiger partial charge < -0.3 is 18.8 Å². The Hall–Kier alpha value is -1.21. The fourth-order valence-corrected chi connectivity index (χ4v) is 5.70. The smallest absolute Gasteiger partial charge is 0.233 e. The van der Waals surface area contributed by atoms with Gasteiger partial charge in [0.15, 0.2) is 8.32 Å². The van der Waals surface area contributed by atoms with Crippen LogP contribution in [0.2, 0.25) is 18.1 Å². The van der Waals surface area contributed by atoms with E-state index in [1.165, 1.54) is 0 Å². The Bertz CT molecular complexity index is 777. The molecule has 174 valence electrons. The number of rotatable bonds is 7. The zero-order valence-electron chi connectivity index (χ0n) is 20.7. The third-order valence-electron chi connectivity index (χ3n) is 7.83. The number of fused-ring (bicyclic) bond motifs is 1. The van der Waals surface area contributed by atoms with Gasteiger partial charge in [-0.25, -0.2) is 0 Å². The lowest BCUT2D eigenvalue weighted by Crippen LogP contribution is -2.62. The summed E-state index contributed by atoms with van der Waals surface area (Å²) in [5.41, 5.74) is -0.000963. The second-order valence-electron chi connectivity index (χ2n) is 11.1. The Kier molecular flexibility index (Phi) is 6.79. The molecule has 0 N–H and O–H groups in total. The van der Waals surface area contributed by atoms with Gasteiger partial charge in [-0.1, -0.05) is 58.0 Å². The predicted molar refractivity (Wildman–Crippen MR) is 126 cm³/mol. The lowest BCUT2D eigenvalue weighted by molar-refractivity contribution is -0.184. The SMILES string of the molecule is CC[C@@]12CC[C@@](C)(COC)C(=O)N1[C@@H](CO[Si](C)(C)C(C)(C)C)[C@H](c1ccccc1)O2. The summed E-state index contributed by atoms with van der Waals surface area (Å²) in [4.78, 5) is 16.0. The number of carbonyl (C=O) groups is 1. The van der Waals surface area contributed by atoms with E-state index in [1.54, 1.807) is 7.11 Å². The minimum absolute atomic E-state index is 0.104. The number of hydrogen-bond donors (Lipinski definition) is 0. The average Bonchev–Trinajstić information content (AvgIpc) is 3.05. The van der Waals surface area contributed by atoms with Gasteiger partial charge in [0.2, 0.25) is 5.91 Å². The van der Waals surface area contributed by atoms with E-state index in [0.29, 0.717) is 13.2 Å². The van der Waals surface area contributed by atoms with Crippen molar-refractivity contribution in [2.24, 2.45) is 5.41 Å². The highest BCUT2D eigenvalue weighted by molar-refractivity contribution is 6.74. The van der Waals surface area contributed by atoms with E-state index in [0.717, 1.165) is 24.8 Å². The van der Waals surface area contributed by atoms with Crippen molar-refractivity contribution in [2.75, 3.05) is 20.3 Å². The monoisotopic (exact) mass is 447 g/mol. The van der Waals surface area contributed by atoms with Crippen LogP contribution in [-0.2, 0) is 18.7 Å². The standard InChI is InChI=1S/C25H41NO4Si/c1-9-25-16-15-24(5,18-28-6)22(27)26(25)20(17-29-31(7,8)23(2,3)4)21(30-25)19-13-11-10-12-14-19/h10-14,20-21H,9,15-18H2,1-8H3/t20-,21-,24-,25+/m0/s1. The van der Waals surface area contributed by atoms with Gasteiger partial charge in [0.05, 0.1) is 24.7 Å². The topological polar surface area (TPSA) is 48.0 Å². The highest BCUT2D eigenvalue weighted by Crippen LogP contribution is 2.52. The number of nitrogens with zero attached hydrogens (tertiary/aromatic N) is 1. The first-order chi connectivity index (χ1) is 14.4. The number of methoxy groups -OCH3 is 1. The van der Waals surface area contributed by atoms with Gasteiger partial charge in [-0.3, -0.25) is 4.79 Å². The van der Waals surface area contributed by atoms with Crippen LogP contribution in [0.25, 0.3) is 0 Å². The maximum absolute atomic E-state index is 13.9. The van der Waals surface area contributed by atoms with E-state index in [9.17, 15) is 4.79 Å². The molecule has 2 saturated heterocycles. The summed E-state index contributed by atoms with van der Waals surface area (Å²) in [5, 5.41) is 0.104. The third kappa shape index (κ3) is 4.37. The van der Waals surface area contributed by atoms with E-state index in [1.807, 2.05) is 30.0 Å². The summed E-state index contributed by atoms with van der Waals surface area (Å²) >= 11 is 0. The van der Waals surface area contributed by atoms with Gasteiger partial charge in [0.1, 0.15) is 11.8 Å². The summed E-state index contributed by atoms with van der Waals surface area (Å²) in [6.45, 7) is 16.3. The highest BCUT2D eigenvalue weighted by Gasteiger charge is 2.61. The van der Waals surface area contributed by atoms with E-state index in [4.69, 9.17) is 13.9 Å². The normalized spacial score (nSPS) is 31.7. The van der Waals surface area contributed by atoms with Gasteiger partial charge >= 0.3 is 0 Å². The Balaban J connectivity index is 2.01. The highest BCUT2D eigenvalue weighted by atomic mass is 28.4. The van der Waals surface area contributed by atoms with Crippen LogP contribution >= 0.6 is 0 Å². The van der Waals surface area contributed by atoms with Crippen LogP contribution in [0.1, 0.15) is 65.5 Å². The van der Waals surface area contributed by atoms with Crippen LogP contribution in [-0.4, -0.2) is 51.2 Å². The molecule has 4 atom stereocenters. The summed E-state index contributed by atoms with van der Waals surface area (Å²) in [7, 11) is -0.313. The number of ether oxygens (including phenoxy) is 2. The van der Waals surface area contributed by atoms with Crippen molar-refractivity contribution in [1.82, 2.24) is 4.90 Å². The molecule has 2 aliphatic rings. The lowest BCUT2D eigenvalue weighted by atomic mass is 9.76. The minimum Gasteiger partial charge on any atom is -0.415 e. The molecule has 0 aliphatic carbocycles. The number of hydrogen-bond acceptors (Lipinski definition) is 4. The molecule has 1 aromatic rings. The van der Waals surface area contributed by atoms with Crippen LogP contribution in [0.4, 0.5) is 0 Å². The Morgan fingerprint density at radius 2 is 1.84 bits per heavy atom. The van der Waals surface area contributed by atoms with Crippen LogP contribution < -0.4 is 0 Å². The molecule has 0 saturated carbocycles. The first-order valence-corrected chi connectivity index (χ1v) is 14.5. The van der Waals surface area contributed by atoms with Crippen LogP contribution in [0.3, 0.4) is 0 Å². The zero-order valence-corrected chi connectivity index (χ0v) is 21.7. The molecule has 2 heterocycles. The van der Waals surface area contributed by atoms with Crippen molar-refractivity contribution >= 4 is 14.2 Å². The second kappa shape index (κ2) is 8.62. The zero-order chi connectivity index (χ0) is 23.1. The molecule has 6 heteroatoms. The fourth-order valence-electron chi connectivity index (χ4n) is 4.68. The molecular weight excluding hydrogens is 406 g/mol. The van der Waals surface area contributed by atoms with Crippen molar-refractivity contribution in [1.29, 1.82) is 0 Å². The molecular formula is C25H41NO4Si. The molecule has 5 nitrogen and oxygen atoms in total. The van der Waals surface area contributed by atoms with Crippen molar-refractivity contribution in [2.45, 2.75) is 89.9 Å². The molecule has 0 unspecified atom stereocenters. The fraction of sp³-hybridized carbons (Fsp3) is 0.720. The molecule has 3 rings (SSSR count). The lowest BCUT2D eigenvalue weighted by Gasteiger charge is -2.49. The van der Waals surface area contributed by atoms with E-state index >= 15 is 0 Å². The van der Waals surface area contributed by atoms with E-state index in [2.05, 4.69) is 52.9 Å². The number of benzene rings is 1. The predicted octanol–water partition coefficient (Wildman–Crippen LogP) is 5.53. The summed E-state index contributed by atoms with van der Waals surface area (Å²) in [6.07, 6.45) is 2.15. The summed E-state index contributed by atoms with van der Waals surface area (Å²) < 4.78 is 18.9. The molecule has 0 spiro atoms. The number of carbonyl (C=O) groups excluding carboxylic acids is 1. The molecule has 2 fully saturated rings. The van der Waals surface area contributed by atoms with Crippen LogP contribution in [0.15, 0.2) is 30.3 Å². The first kappa shape index (κ1) is 24.4. The minimum atomic E-state index is -1.99. The molecule has 0 radical (unpaired) electrons. The molecule has 1 amide bonds. The van der Waals surface area contributed by atoms with Crippen molar-refractivity contribution in [3.8, 4) is 0 Å². The maximum Gasteiger partial charge on any atom is 0.233 e. The summed E-state index contributed by atoms with van der Waals surface area (Å²) in [5.74, 6) is 0.129. The van der Waals surface area contributed by atoms with Crippen molar-refractivity contribution < 1.29 is 18.7 Å². The van der Waals surface area contributed by atoms with E-state index in [-0.39, 0.29) is 23.1 Å². The van der Waals surface area contributed by atoms with Crippen molar-refractivity contribution in [3.63, 3.8) is 0 Å². The van der Waals surface area contributed by atoms with Gasteiger partial charge in [-0.15, -0.1) is 0 Å². The number of piperidine rings is 1. The molecule has 0 bridgehead atoms. The molecule has 31 heavy (non-hydrogen) atoms. The number of amides is 1. The van der Waals surface area contributed by atoms with Gasteiger partial charge in [-0.05, 0) is 49.9 Å². The van der Waals surface area contributed by atoms with Crippen LogP contribution in [0, 0.1) is 5.41 Å². The average molecular weight is 448 g/mol. The quantitative estimate of drug-likeness (QED) is 0.516. The van der Waals surface area contributed by atoms with Gasteiger partial charge in [0.25, 0.3) is 0 Å².